The highest BCUT2D eigenvalue weighted by molar-refractivity contribution is 5.74. The van der Waals surface area contributed by atoms with E-state index in [0.29, 0.717) is 6.42 Å². The van der Waals surface area contributed by atoms with Crippen molar-refractivity contribution < 1.29 is 14.6 Å². The number of esters is 1. The molecule has 0 rings (SSSR count). The Hall–Kier alpha value is -0.570. The molecule has 0 aliphatic carbocycles. The van der Waals surface area contributed by atoms with Crippen LogP contribution in [0.3, 0.4) is 0 Å². The highest BCUT2D eigenvalue weighted by Gasteiger charge is 2.13. The van der Waals surface area contributed by atoms with E-state index in [1.165, 1.54) is 77.7 Å². The van der Waals surface area contributed by atoms with Gasteiger partial charge in [0.1, 0.15) is 0 Å². The Morgan fingerprint density at radius 3 is 1.57 bits per heavy atom. The first kappa shape index (κ1) is 20.4. The van der Waals surface area contributed by atoms with E-state index in [0.717, 1.165) is 12.8 Å². The van der Waals surface area contributed by atoms with Crippen LogP contribution in [0.4, 0.5) is 0 Å². The molecule has 0 aliphatic heterocycles. The summed E-state index contributed by atoms with van der Waals surface area (Å²) in [6, 6.07) is 0. The zero-order chi connectivity index (χ0) is 15.8. The smallest absolute Gasteiger partial charge is 0.334 e. The lowest BCUT2D eigenvalue weighted by atomic mass is 10.0. The topological polar surface area (TPSA) is 46.5 Å². The largest absolute Gasteiger partial charge is 0.467 e. The Labute approximate surface area is 131 Å². The van der Waals surface area contributed by atoms with Gasteiger partial charge in [-0.1, -0.05) is 90.4 Å². The summed E-state index contributed by atoms with van der Waals surface area (Å²) in [6.07, 6.45) is 16.5. The number of methoxy groups -OCH3 is 1. The highest BCUT2D eigenvalue weighted by atomic mass is 16.5. The predicted octanol–water partition coefficient (Wildman–Crippen LogP) is 5.00. The van der Waals surface area contributed by atoms with Gasteiger partial charge >= 0.3 is 5.97 Å². The number of carbonyl (C=O) groups excluding carboxylic acids is 1. The van der Waals surface area contributed by atoms with Crippen LogP contribution in [0, 0.1) is 0 Å². The number of rotatable bonds is 15. The third-order valence-electron chi connectivity index (χ3n) is 4.05. The highest BCUT2D eigenvalue weighted by Crippen LogP contribution is 2.13. The molecule has 0 aromatic carbocycles. The van der Waals surface area contributed by atoms with Crippen LogP contribution >= 0.6 is 0 Å². The summed E-state index contributed by atoms with van der Waals surface area (Å²) in [7, 11) is 1.31. The first-order valence-corrected chi connectivity index (χ1v) is 8.98. The molecule has 0 saturated heterocycles. The van der Waals surface area contributed by atoms with Gasteiger partial charge in [0.05, 0.1) is 7.11 Å². The predicted molar refractivity (Wildman–Crippen MR) is 88.3 cm³/mol. The Kier molecular flexibility index (Phi) is 15.4. The summed E-state index contributed by atoms with van der Waals surface area (Å²) in [5.41, 5.74) is 0. The fourth-order valence-electron chi connectivity index (χ4n) is 2.61. The van der Waals surface area contributed by atoms with E-state index in [1.807, 2.05) is 0 Å². The van der Waals surface area contributed by atoms with Crippen molar-refractivity contribution in [2.24, 2.45) is 0 Å². The molecule has 3 nitrogen and oxygen atoms in total. The summed E-state index contributed by atoms with van der Waals surface area (Å²) in [6.45, 7) is 2.26. The van der Waals surface area contributed by atoms with Gasteiger partial charge in [0.2, 0.25) is 0 Å². The lowest BCUT2D eigenvalue weighted by Gasteiger charge is -2.07. The average molecular weight is 300 g/mol. The number of hydrogen-bond donors (Lipinski definition) is 1. The van der Waals surface area contributed by atoms with Gasteiger partial charge < -0.3 is 9.84 Å². The number of ether oxygens (including phenoxy) is 1. The summed E-state index contributed by atoms with van der Waals surface area (Å²) >= 11 is 0. The maximum atomic E-state index is 11.0. The Balaban J connectivity index is 3.11. The summed E-state index contributed by atoms with van der Waals surface area (Å²) in [4.78, 5) is 11.0. The van der Waals surface area contributed by atoms with Crippen molar-refractivity contribution in [3.05, 3.63) is 0 Å². The second-order valence-electron chi connectivity index (χ2n) is 6.07. The second kappa shape index (κ2) is 15.8. The zero-order valence-corrected chi connectivity index (χ0v) is 14.2. The lowest BCUT2D eigenvalue weighted by Crippen LogP contribution is -2.21. The van der Waals surface area contributed by atoms with Crippen molar-refractivity contribution in [3.8, 4) is 0 Å². The third-order valence-corrected chi connectivity index (χ3v) is 4.05. The molecule has 0 saturated carbocycles. The summed E-state index contributed by atoms with van der Waals surface area (Å²) in [5.74, 6) is -0.506. The molecule has 0 unspecified atom stereocenters. The van der Waals surface area contributed by atoms with Crippen molar-refractivity contribution in [3.63, 3.8) is 0 Å². The van der Waals surface area contributed by atoms with Gasteiger partial charge in [0, 0.05) is 0 Å². The molecular weight excluding hydrogens is 264 g/mol. The molecule has 1 atom stereocenters. The first-order valence-electron chi connectivity index (χ1n) is 8.98. The Morgan fingerprint density at radius 1 is 0.810 bits per heavy atom. The molecule has 0 aliphatic rings. The SMILES string of the molecule is CCCCCCCCCCCCCCC[C@H](O)C(=O)OC. The minimum Gasteiger partial charge on any atom is -0.467 e. The van der Waals surface area contributed by atoms with Crippen LogP contribution in [0.15, 0.2) is 0 Å². The monoisotopic (exact) mass is 300 g/mol. The molecule has 0 heterocycles. The van der Waals surface area contributed by atoms with Gasteiger partial charge in [0.25, 0.3) is 0 Å². The number of hydrogen-bond acceptors (Lipinski definition) is 3. The van der Waals surface area contributed by atoms with Crippen LogP contribution < -0.4 is 0 Å². The standard InChI is InChI=1S/C18H36O3/c1-3-4-5-6-7-8-9-10-11-12-13-14-15-16-17(19)18(20)21-2/h17,19H,3-16H2,1-2H3/t17-/m0/s1. The van der Waals surface area contributed by atoms with E-state index in [4.69, 9.17) is 0 Å². The Morgan fingerprint density at radius 2 is 1.19 bits per heavy atom. The van der Waals surface area contributed by atoms with Crippen molar-refractivity contribution in [2.45, 2.75) is 103 Å². The number of aliphatic hydroxyl groups is 1. The molecular formula is C18H36O3. The van der Waals surface area contributed by atoms with Crippen LogP contribution in [-0.2, 0) is 9.53 Å². The lowest BCUT2D eigenvalue weighted by molar-refractivity contribution is -0.150. The number of aliphatic hydroxyl groups excluding tert-OH is 1. The van der Waals surface area contributed by atoms with Crippen molar-refractivity contribution >= 4 is 5.97 Å². The number of carbonyl (C=O) groups is 1. The molecule has 126 valence electrons. The van der Waals surface area contributed by atoms with E-state index in [9.17, 15) is 9.90 Å². The van der Waals surface area contributed by atoms with Crippen LogP contribution in [0.1, 0.15) is 96.8 Å². The normalized spacial score (nSPS) is 12.3. The van der Waals surface area contributed by atoms with Gasteiger partial charge in [0.15, 0.2) is 6.10 Å². The van der Waals surface area contributed by atoms with Crippen molar-refractivity contribution in [1.29, 1.82) is 0 Å². The van der Waals surface area contributed by atoms with Gasteiger partial charge in [-0.25, -0.2) is 4.79 Å². The molecule has 0 amide bonds. The van der Waals surface area contributed by atoms with E-state index >= 15 is 0 Å². The molecule has 3 heteroatoms. The molecule has 0 radical (unpaired) electrons. The van der Waals surface area contributed by atoms with Gasteiger partial charge in [-0.2, -0.15) is 0 Å². The minimum atomic E-state index is -0.928. The van der Waals surface area contributed by atoms with Crippen LogP contribution in [-0.4, -0.2) is 24.3 Å². The second-order valence-corrected chi connectivity index (χ2v) is 6.07. The van der Waals surface area contributed by atoms with E-state index in [2.05, 4.69) is 11.7 Å². The summed E-state index contributed by atoms with van der Waals surface area (Å²) < 4.78 is 4.49. The molecule has 0 spiro atoms. The average Bonchev–Trinajstić information content (AvgIpc) is 2.50. The van der Waals surface area contributed by atoms with Crippen molar-refractivity contribution in [2.75, 3.05) is 7.11 Å². The van der Waals surface area contributed by atoms with Gasteiger partial charge in [-0.15, -0.1) is 0 Å². The van der Waals surface area contributed by atoms with Crippen molar-refractivity contribution in [1.82, 2.24) is 0 Å². The quantitative estimate of drug-likeness (QED) is 0.342. The van der Waals surface area contributed by atoms with E-state index in [-0.39, 0.29) is 0 Å². The maximum absolute atomic E-state index is 11.0. The van der Waals surface area contributed by atoms with E-state index in [1.54, 1.807) is 0 Å². The minimum absolute atomic E-state index is 0.506. The van der Waals surface area contributed by atoms with Gasteiger partial charge in [-0.05, 0) is 6.42 Å². The zero-order valence-electron chi connectivity index (χ0n) is 14.2. The Bertz CT molecular complexity index is 229. The molecule has 0 aromatic heterocycles. The molecule has 1 N–H and O–H groups in total. The summed E-state index contributed by atoms with van der Waals surface area (Å²) in [5, 5.41) is 9.42. The molecule has 21 heavy (non-hydrogen) atoms. The van der Waals surface area contributed by atoms with Crippen LogP contribution in [0.5, 0.6) is 0 Å². The van der Waals surface area contributed by atoms with Crippen LogP contribution in [0.2, 0.25) is 0 Å². The maximum Gasteiger partial charge on any atom is 0.334 e. The molecule has 0 aromatic rings. The van der Waals surface area contributed by atoms with Gasteiger partial charge in [-0.3, -0.25) is 0 Å². The fourth-order valence-corrected chi connectivity index (χ4v) is 2.61. The van der Waals surface area contributed by atoms with E-state index < -0.39 is 12.1 Å². The third kappa shape index (κ3) is 14.1. The fraction of sp³-hybridized carbons (Fsp3) is 0.944. The van der Waals surface area contributed by atoms with Crippen LogP contribution in [0.25, 0.3) is 0 Å². The number of unbranched alkanes of at least 4 members (excludes halogenated alkanes) is 12. The molecule has 0 fully saturated rings. The molecule has 0 bridgehead atoms. The first-order chi connectivity index (χ1) is 10.2.